The van der Waals surface area contributed by atoms with Crippen LogP contribution in [0.15, 0.2) is 5.10 Å². The zero-order chi connectivity index (χ0) is 8.36. The van der Waals surface area contributed by atoms with Crippen LogP contribution in [0.5, 0.6) is 0 Å². The Morgan fingerprint density at radius 3 is 1.80 bits per heavy atom. The molecule has 0 aromatic rings. The summed E-state index contributed by atoms with van der Waals surface area (Å²) < 4.78 is 0. The van der Waals surface area contributed by atoms with Crippen molar-refractivity contribution in [3.63, 3.8) is 0 Å². The zero-order valence-electron chi connectivity index (χ0n) is 6.93. The van der Waals surface area contributed by atoms with Crippen molar-refractivity contribution in [3.05, 3.63) is 0 Å². The highest BCUT2D eigenvalue weighted by atomic mass is 32.1. The van der Waals surface area contributed by atoms with Crippen molar-refractivity contribution in [3.8, 4) is 0 Å². The third-order valence-corrected chi connectivity index (χ3v) is 1.37. The molecule has 0 aliphatic carbocycles. The van der Waals surface area contributed by atoms with Crippen LogP contribution in [0.1, 0.15) is 27.7 Å². The molecule has 0 amide bonds. The molecule has 0 fully saturated rings. The molecule has 2 nitrogen and oxygen atoms in total. The molecule has 0 aromatic carbocycles. The second-order valence-electron chi connectivity index (χ2n) is 3.28. The molecule has 0 aliphatic heterocycles. The first-order valence-electron chi connectivity index (χ1n) is 3.19. The van der Waals surface area contributed by atoms with Crippen LogP contribution in [0, 0.1) is 5.41 Å². The molecule has 0 saturated heterocycles. The Morgan fingerprint density at radius 2 is 1.80 bits per heavy atom. The van der Waals surface area contributed by atoms with E-state index in [0.717, 1.165) is 10.6 Å². The van der Waals surface area contributed by atoms with E-state index in [1.807, 2.05) is 27.7 Å². The Kier molecular flexibility index (Phi) is 2.96. The van der Waals surface area contributed by atoms with Crippen molar-refractivity contribution in [1.29, 1.82) is 0 Å². The maximum atomic E-state index is 5.16. The molecule has 0 unspecified atom stereocenters. The molecule has 0 rings (SSSR count). The summed E-state index contributed by atoms with van der Waals surface area (Å²) in [6, 6.07) is 0. The van der Waals surface area contributed by atoms with Gasteiger partial charge in [0.05, 0.1) is 5.71 Å². The molecule has 0 aliphatic rings. The minimum atomic E-state index is -0.0272. The second kappa shape index (κ2) is 3.10. The van der Waals surface area contributed by atoms with E-state index in [9.17, 15) is 0 Å². The molecule has 0 saturated carbocycles. The Morgan fingerprint density at radius 1 is 1.40 bits per heavy atom. The highest BCUT2D eigenvalue weighted by Crippen LogP contribution is 2.16. The number of nitrogens with zero attached hydrogens (tertiary/aromatic N) is 1. The molecule has 0 heterocycles. The smallest absolute Gasteiger partial charge is 0.0790 e. The Balaban J connectivity index is 4.56. The van der Waals surface area contributed by atoms with Crippen LogP contribution in [0.2, 0.25) is 0 Å². The van der Waals surface area contributed by atoms with Crippen molar-refractivity contribution in [2.24, 2.45) is 16.4 Å². The number of thiocarbonyl (C=S) groups is 1. The van der Waals surface area contributed by atoms with E-state index >= 15 is 0 Å². The van der Waals surface area contributed by atoms with Gasteiger partial charge in [0.2, 0.25) is 0 Å². The summed E-state index contributed by atoms with van der Waals surface area (Å²) >= 11 is 4.95. The second-order valence-corrected chi connectivity index (χ2v) is 3.90. The predicted octanol–water partition coefficient (Wildman–Crippen LogP) is 1.74. The summed E-state index contributed by atoms with van der Waals surface area (Å²) in [4.78, 5) is 0.773. The lowest BCUT2D eigenvalue weighted by molar-refractivity contribution is 0.596. The van der Waals surface area contributed by atoms with Crippen LogP contribution in [0.3, 0.4) is 0 Å². The van der Waals surface area contributed by atoms with E-state index in [4.69, 9.17) is 18.1 Å². The van der Waals surface area contributed by atoms with Gasteiger partial charge in [-0.2, -0.15) is 5.10 Å². The van der Waals surface area contributed by atoms with Gasteiger partial charge >= 0.3 is 0 Å². The number of nitrogens with two attached hydrogens (primary N) is 1. The third-order valence-electron chi connectivity index (χ3n) is 1.17. The van der Waals surface area contributed by atoms with E-state index < -0.39 is 0 Å². The summed E-state index contributed by atoms with van der Waals surface area (Å²) in [5.41, 5.74) is 0.781. The molecule has 0 atom stereocenters. The van der Waals surface area contributed by atoms with Crippen LogP contribution in [0.25, 0.3) is 0 Å². The normalized spacial score (nSPS) is 13.4. The van der Waals surface area contributed by atoms with Crippen molar-refractivity contribution in [1.82, 2.24) is 0 Å². The van der Waals surface area contributed by atoms with Gasteiger partial charge in [0, 0.05) is 10.3 Å². The minimum Gasteiger partial charge on any atom is -0.323 e. The van der Waals surface area contributed by atoms with Crippen LogP contribution in [0.4, 0.5) is 0 Å². The molecular formula is C7H14N2S. The van der Waals surface area contributed by atoms with Gasteiger partial charge in [-0.05, 0) is 6.92 Å². The largest absolute Gasteiger partial charge is 0.323 e. The number of hydrazone groups is 1. The average Bonchev–Trinajstić information content (AvgIpc) is 1.60. The van der Waals surface area contributed by atoms with Crippen molar-refractivity contribution < 1.29 is 0 Å². The highest BCUT2D eigenvalue weighted by Gasteiger charge is 2.19. The standard InChI is InChI=1S/C7H14N2S/c1-5(10)6(9-8)7(2,3)4/h8H2,1-4H3/b9-6-. The molecule has 0 bridgehead atoms. The fourth-order valence-electron chi connectivity index (χ4n) is 0.813. The Bertz CT molecular complexity index is 165. The van der Waals surface area contributed by atoms with Gasteiger partial charge in [0.1, 0.15) is 0 Å². The molecule has 0 spiro atoms. The van der Waals surface area contributed by atoms with Crippen molar-refractivity contribution in [2.45, 2.75) is 27.7 Å². The zero-order valence-corrected chi connectivity index (χ0v) is 7.75. The fourth-order valence-corrected chi connectivity index (χ4v) is 1.17. The minimum absolute atomic E-state index is 0.0272. The molecule has 3 heteroatoms. The first-order chi connectivity index (χ1) is 4.39. The summed E-state index contributed by atoms with van der Waals surface area (Å²) in [6.45, 7) is 7.95. The van der Waals surface area contributed by atoms with Crippen LogP contribution in [-0.4, -0.2) is 10.6 Å². The van der Waals surface area contributed by atoms with Crippen LogP contribution in [-0.2, 0) is 0 Å². The summed E-state index contributed by atoms with van der Waals surface area (Å²) in [5, 5.41) is 3.63. The van der Waals surface area contributed by atoms with E-state index in [1.54, 1.807) is 0 Å². The summed E-state index contributed by atoms with van der Waals surface area (Å²) in [5.74, 6) is 5.16. The number of rotatable bonds is 1. The fraction of sp³-hybridized carbons (Fsp3) is 0.714. The van der Waals surface area contributed by atoms with E-state index in [1.165, 1.54) is 0 Å². The van der Waals surface area contributed by atoms with E-state index in [0.29, 0.717) is 0 Å². The van der Waals surface area contributed by atoms with Crippen molar-refractivity contribution >= 4 is 22.8 Å². The lowest BCUT2D eigenvalue weighted by Crippen LogP contribution is -2.27. The molecule has 0 radical (unpaired) electrons. The SMILES string of the molecule is CC(=S)/C(=N/N)C(C)(C)C. The summed E-state index contributed by atoms with van der Waals surface area (Å²) in [6.07, 6.45) is 0. The topological polar surface area (TPSA) is 38.4 Å². The first kappa shape index (κ1) is 9.56. The number of hydrogen-bond donors (Lipinski definition) is 1. The molecule has 0 aromatic heterocycles. The van der Waals surface area contributed by atoms with Gasteiger partial charge in [-0.1, -0.05) is 33.0 Å². The quantitative estimate of drug-likeness (QED) is 0.273. The summed E-state index contributed by atoms with van der Waals surface area (Å²) in [7, 11) is 0. The Hall–Kier alpha value is -0.440. The number of hydrogen-bond acceptors (Lipinski definition) is 3. The van der Waals surface area contributed by atoms with Gasteiger partial charge < -0.3 is 5.84 Å². The molecular weight excluding hydrogens is 144 g/mol. The predicted molar refractivity (Wildman–Crippen MR) is 49.3 cm³/mol. The highest BCUT2D eigenvalue weighted by molar-refractivity contribution is 7.82. The van der Waals surface area contributed by atoms with Gasteiger partial charge in [-0.15, -0.1) is 0 Å². The maximum absolute atomic E-state index is 5.16. The van der Waals surface area contributed by atoms with Gasteiger partial charge in [-0.3, -0.25) is 0 Å². The molecule has 10 heavy (non-hydrogen) atoms. The third kappa shape index (κ3) is 2.43. The average molecular weight is 158 g/mol. The van der Waals surface area contributed by atoms with Gasteiger partial charge in [0.25, 0.3) is 0 Å². The van der Waals surface area contributed by atoms with Crippen molar-refractivity contribution in [2.75, 3.05) is 0 Å². The first-order valence-corrected chi connectivity index (χ1v) is 3.59. The Labute approximate surface area is 67.5 Å². The monoisotopic (exact) mass is 158 g/mol. The van der Waals surface area contributed by atoms with Crippen LogP contribution >= 0.6 is 12.2 Å². The molecule has 58 valence electrons. The lowest BCUT2D eigenvalue weighted by Gasteiger charge is -2.19. The van der Waals surface area contributed by atoms with Gasteiger partial charge in [0.15, 0.2) is 0 Å². The van der Waals surface area contributed by atoms with Gasteiger partial charge in [-0.25, -0.2) is 0 Å². The maximum Gasteiger partial charge on any atom is 0.0790 e. The van der Waals surface area contributed by atoms with Crippen LogP contribution < -0.4 is 5.84 Å². The van der Waals surface area contributed by atoms with E-state index in [2.05, 4.69) is 5.10 Å². The molecule has 2 N–H and O–H groups in total. The lowest BCUT2D eigenvalue weighted by atomic mass is 9.88. The van der Waals surface area contributed by atoms with E-state index in [-0.39, 0.29) is 5.41 Å².